The summed E-state index contributed by atoms with van der Waals surface area (Å²) in [7, 11) is 0. The number of hydrogen-bond donors (Lipinski definition) is 1. The van der Waals surface area contributed by atoms with Crippen LogP contribution in [0.15, 0.2) is 24.3 Å². The van der Waals surface area contributed by atoms with Gasteiger partial charge in [-0.15, -0.1) is 0 Å². The van der Waals surface area contributed by atoms with Crippen molar-refractivity contribution >= 4 is 23.8 Å². The summed E-state index contributed by atoms with van der Waals surface area (Å²) in [4.78, 5) is 34.5. The van der Waals surface area contributed by atoms with E-state index in [9.17, 15) is 14.4 Å². The molecule has 0 aliphatic carbocycles. The van der Waals surface area contributed by atoms with Gasteiger partial charge in [0.1, 0.15) is 6.29 Å². The molecule has 1 fully saturated rings. The fourth-order valence-corrected chi connectivity index (χ4v) is 1.56. The number of anilines is 1. The lowest BCUT2D eigenvalue weighted by atomic mass is 10.2. The van der Waals surface area contributed by atoms with Crippen LogP contribution < -0.4 is 10.2 Å². The largest absolute Gasteiger partial charge is 0.346 e. The van der Waals surface area contributed by atoms with Gasteiger partial charge in [0.25, 0.3) is 0 Å². The smallest absolute Gasteiger partial charge is 0.316 e. The summed E-state index contributed by atoms with van der Waals surface area (Å²) in [6, 6.07) is 6.53. The van der Waals surface area contributed by atoms with Crippen LogP contribution in [-0.4, -0.2) is 31.2 Å². The molecule has 0 saturated carbocycles. The second-order valence-corrected chi connectivity index (χ2v) is 3.42. The summed E-state index contributed by atoms with van der Waals surface area (Å²) in [5.41, 5.74) is 1.17. The Bertz CT molecular complexity index is 439. The topological polar surface area (TPSA) is 66.5 Å². The molecule has 1 aliphatic rings. The minimum atomic E-state index is -0.592. The van der Waals surface area contributed by atoms with E-state index < -0.39 is 11.8 Å². The van der Waals surface area contributed by atoms with Crippen molar-refractivity contribution in [3.05, 3.63) is 29.8 Å². The zero-order chi connectivity index (χ0) is 11.5. The number of nitrogens with zero attached hydrogens (tertiary/aromatic N) is 1. The van der Waals surface area contributed by atoms with Crippen molar-refractivity contribution in [1.29, 1.82) is 0 Å². The van der Waals surface area contributed by atoms with Crippen molar-refractivity contribution < 1.29 is 14.4 Å². The van der Waals surface area contributed by atoms with E-state index in [-0.39, 0.29) is 0 Å². The van der Waals surface area contributed by atoms with E-state index in [0.29, 0.717) is 24.3 Å². The van der Waals surface area contributed by atoms with E-state index in [1.807, 2.05) is 0 Å². The molecule has 2 rings (SSSR count). The summed E-state index contributed by atoms with van der Waals surface area (Å²) in [5.74, 6) is -1.16. The highest BCUT2D eigenvalue weighted by atomic mass is 16.2. The summed E-state index contributed by atoms with van der Waals surface area (Å²) in [5, 5.41) is 2.47. The van der Waals surface area contributed by atoms with Crippen molar-refractivity contribution in [3.63, 3.8) is 0 Å². The van der Waals surface area contributed by atoms with Crippen LogP contribution in [0.4, 0.5) is 5.69 Å². The molecule has 1 saturated heterocycles. The molecule has 1 aromatic rings. The third-order valence-corrected chi connectivity index (χ3v) is 2.40. The number of amides is 2. The number of carbonyl (C=O) groups excluding carboxylic acids is 3. The van der Waals surface area contributed by atoms with Crippen molar-refractivity contribution in [2.45, 2.75) is 0 Å². The molecule has 0 atom stereocenters. The van der Waals surface area contributed by atoms with Crippen LogP contribution in [0.5, 0.6) is 0 Å². The van der Waals surface area contributed by atoms with Gasteiger partial charge in [0.05, 0.1) is 0 Å². The SMILES string of the molecule is O=Cc1ccc(N2CCNC(=O)C2=O)cc1. The third-order valence-electron chi connectivity index (χ3n) is 2.40. The predicted molar refractivity (Wildman–Crippen MR) is 57.2 cm³/mol. The van der Waals surface area contributed by atoms with Gasteiger partial charge in [-0.1, -0.05) is 0 Å². The molecule has 16 heavy (non-hydrogen) atoms. The number of aldehydes is 1. The second-order valence-electron chi connectivity index (χ2n) is 3.42. The van der Waals surface area contributed by atoms with Crippen molar-refractivity contribution in [2.75, 3.05) is 18.0 Å². The molecule has 0 aromatic heterocycles. The van der Waals surface area contributed by atoms with Crippen molar-refractivity contribution in [1.82, 2.24) is 5.32 Å². The fourth-order valence-electron chi connectivity index (χ4n) is 1.56. The molecular weight excluding hydrogens is 208 g/mol. The first kappa shape index (κ1) is 10.4. The Morgan fingerprint density at radius 2 is 1.88 bits per heavy atom. The summed E-state index contributed by atoms with van der Waals surface area (Å²) in [6.07, 6.45) is 0.731. The Hall–Kier alpha value is -2.17. The molecule has 1 heterocycles. The zero-order valence-electron chi connectivity index (χ0n) is 8.47. The van der Waals surface area contributed by atoms with E-state index in [4.69, 9.17) is 0 Å². The average Bonchev–Trinajstić information content (AvgIpc) is 2.33. The van der Waals surface area contributed by atoms with E-state index in [0.717, 1.165) is 6.29 Å². The maximum atomic E-state index is 11.5. The molecule has 1 aromatic carbocycles. The summed E-state index contributed by atoms with van der Waals surface area (Å²) in [6.45, 7) is 0.894. The molecule has 0 unspecified atom stereocenters. The number of hydrogen-bond acceptors (Lipinski definition) is 3. The number of rotatable bonds is 2. The van der Waals surface area contributed by atoms with Crippen LogP contribution in [0.1, 0.15) is 10.4 Å². The molecule has 0 bridgehead atoms. The molecular formula is C11H10N2O3. The van der Waals surface area contributed by atoms with E-state index in [1.54, 1.807) is 24.3 Å². The minimum absolute atomic E-state index is 0.444. The van der Waals surface area contributed by atoms with Crippen molar-refractivity contribution in [3.8, 4) is 0 Å². The summed E-state index contributed by atoms with van der Waals surface area (Å²) >= 11 is 0. The van der Waals surface area contributed by atoms with Gasteiger partial charge in [0.15, 0.2) is 0 Å². The molecule has 1 aliphatic heterocycles. The fraction of sp³-hybridized carbons (Fsp3) is 0.182. The van der Waals surface area contributed by atoms with E-state index in [1.165, 1.54) is 4.90 Å². The van der Waals surface area contributed by atoms with Crippen LogP contribution in [0.25, 0.3) is 0 Å². The number of piperazine rings is 1. The third kappa shape index (κ3) is 1.79. The molecule has 82 valence electrons. The number of nitrogens with one attached hydrogen (secondary N) is 1. The Labute approximate surface area is 92.0 Å². The normalized spacial score (nSPS) is 15.9. The molecule has 5 heteroatoms. The lowest BCUT2D eigenvalue weighted by Gasteiger charge is -2.26. The highest BCUT2D eigenvalue weighted by molar-refractivity contribution is 6.41. The Kier molecular flexibility index (Phi) is 2.68. The number of benzene rings is 1. The van der Waals surface area contributed by atoms with Crippen LogP contribution in [-0.2, 0) is 9.59 Å². The van der Waals surface area contributed by atoms with Gasteiger partial charge in [0.2, 0.25) is 0 Å². The highest BCUT2D eigenvalue weighted by Gasteiger charge is 2.26. The number of carbonyl (C=O) groups is 3. The first-order valence-corrected chi connectivity index (χ1v) is 4.87. The highest BCUT2D eigenvalue weighted by Crippen LogP contribution is 2.15. The monoisotopic (exact) mass is 218 g/mol. The van der Waals surface area contributed by atoms with Crippen LogP contribution in [0.2, 0.25) is 0 Å². The van der Waals surface area contributed by atoms with Gasteiger partial charge in [-0.05, 0) is 24.3 Å². The first-order valence-electron chi connectivity index (χ1n) is 4.87. The van der Waals surface area contributed by atoms with Gasteiger partial charge in [-0.25, -0.2) is 0 Å². The Balaban J connectivity index is 2.25. The predicted octanol–water partition coefficient (Wildman–Crippen LogP) is -0.0381. The molecule has 0 spiro atoms. The average molecular weight is 218 g/mol. The minimum Gasteiger partial charge on any atom is -0.346 e. The standard InChI is InChI=1S/C11H10N2O3/c14-7-8-1-3-9(4-2-8)13-6-5-12-10(15)11(13)16/h1-4,7H,5-6H2,(H,12,15). The second kappa shape index (κ2) is 4.14. The maximum absolute atomic E-state index is 11.5. The Morgan fingerprint density at radius 1 is 1.19 bits per heavy atom. The molecule has 2 amide bonds. The van der Waals surface area contributed by atoms with Gasteiger partial charge in [0, 0.05) is 24.3 Å². The lowest BCUT2D eigenvalue weighted by molar-refractivity contribution is -0.138. The Morgan fingerprint density at radius 3 is 2.50 bits per heavy atom. The maximum Gasteiger partial charge on any atom is 0.316 e. The van der Waals surface area contributed by atoms with Crippen LogP contribution in [0, 0.1) is 0 Å². The lowest BCUT2D eigenvalue weighted by Crippen LogP contribution is -2.52. The van der Waals surface area contributed by atoms with Gasteiger partial charge >= 0.3 is 11.8 Å². The van der Waals surface area contributed by atoms with E-state index >= 15 is 0 Å². The molecule has 0 radical (unpaired) electrons. The van der Waals surface area contributed by atoms with Gasteiger partial charge in [-0.3, -0.25) is 14.4 Å². The quantitative estimate of drug-likeness (QED) is 0.559. The van der Waals surface area contributed by atoms with E-state index in [2.05, 4.69) is 5.32 Å². The van der Waals surface area contributed by atoms with Crippen LogP contribution in [0.3, 0.4) is 0 Å². The summed E-state index contributed by atoms with van der Waals surface area (Å²) < 4.78 is 0. The van der Waals surface area contributed by atoms with Crippen LogP contribution >= 0.6 is 0 Å². The zero-order valence-corrected chi connectivity index (χ0v) is 8.47. The van der Waals surface area contributed by atoms with Gasteiger partial charge in [-0.2, -0.15) is 0 Å². The first-order chi connectivity index (χ1) is 7.72. The molecule has 1 N–H and O–H groups in total. The molecule has 5 nitrogen and oxygen atoms in total. The van der Waals surface area contributed by atoms with Crippen molar-refractivity contribution in [2.24, 2.45) is 0 Å². The van der Waals surface area contributed by atoms with Gasteiger partial charge < -0.3 is 10.2 Å².